The van der Waals surface area contributed by atoms with Crippen LogP contribution in [0.5, 0.6) is 0 Å². The minimum Gasteiger partial charge on any atom is -0.361 e. The lowest BCUT2D eigenvalue weighted by Gasteiger charge is -2.25. The van der Waals surface area contributed by atoms with E-state index in [1.165, 1.54) is 11.8 Å². The molecule has 1 aliphatic heterocycles. The number of hydrogen-bond acceptors (Lipinski definition) is 4. The Kier molecular flexibility index (Phi) is 6.34. The largest absolute Gasteiger partial charge is 0.361 e. The van der Waals surface area contributed by atoms with Crippen LogP contribution in [0.25, 0.3) is 0 Å². The Hall–Kier alpha value is -2.27. The van der Waals surface area contributed by atoms with Gasteiger partial charge in [-0.15, -0.1) is 11.8 Å². The third-order valence-corrected chi connectivity index (χ3v) is 5.63. The molecule has 4 nitrogen and oxygen atoms in total. The van der Waals surface area contributed by atoms with Gasteiger partial charge in [-0.1, -0.05) is 42.5 Å². The first kappa shape index (κ1) is 18.5. The summed E-state index contributed by atoms with van der Waals surface area (Å²) in [6, 6.07) is 17.5. The van der Waals surface area contributed by atoms with E-state index in [-0.39, 0.29) is 18.2 Å². The van der Waals surface area contributed by atoms with Crippen molar-refractivity contribution in [1.82, 2.24) is 5.32 Å². The smallest absolute Gasteiger partial charge is 0.240 e. The number of ketones is 1. The van der Waals surface area contributed by atoms with Crippen LogP contribution in [-0.4, -0.2) is 36.6 Å². The molecule has 0 saturated carbocycles. The number of carbonyl (C=O) groups is 2. The van der Waals surface area contributed by atoms with Gasteiger partial charge >= 0.3 is 0 Å². The molecule has 2 aromatic rings. The van der Waals surface area contributed by atoms with E-state index in [0.29, 0.717) is 6.42 Å². The van der Waals surface area contributed by atoms with Crippen LogP contribution in [0.4, 0.5) is 5.69 Å². The summed E-state index contributed by atoms with van der Waals surface area (Å²) in [6.07, 6.45) is 1.56. The third-order valence-electron chi connectivity index (χ3n) is 4.48. The lowest BCUT2D eigenvalue weighted by atomic mass is 10.0. The summed E-state index contributed by atoms with van der Waals surface area (Å²) in [5.74, 6) is 0.927. The quantitative estimate of drug-likeness (QED) is 0.850. The molecule has 1 heterocycles. The molecule has 0 saturated heterocycles. The molecule has 1 unspecified atom stereocenters. The Morgan fingerprint density at radius 2 is 1.85 bits per heavy atom. The highest BCUT2D eigenvalue weighted by Gasteiger charge is 2.21. The van der Waals surface area contributed by atoms with E-state index >= 15 is 0 Å². The average Bonchev–Trinajstić information content (AvgIpc) is 2.84. The van der Waals surface area contributed by atoms with E-state index in [4.69, 9.17) is 0 Å². The second kappa shape index (κ2) is 8.90. The predicted molar refractivity (Wildman–Crippen MR) is 107 cm³/mol. The molecule has 1 atom stereocenters. The number of anilines is 1. The van der Waals surface area contributed by atoms with E-state index in [1.807, 2.05) is 54.2 Å². The van der Waals surface area contributed by atoms with E-state index < -0.39 is 6.04 Å². The van der Waals surface area contributed by atoms with Gasteiger partial charge in [-0.2, -0.15) is 0 Å². The van der Waals surface area contributed by atoms with Gasteiger partial charge in [0.25, 0.3) is 0 Å². The molecule has 1 aliphatic rings. The average molecular weight is 369 g/mol. The van der Waals surface area contributed by atoms with Crippen LogP contribution >= 0.6 is 11.8 Å². The van der Waals surface area contributed by atoms with Crippen molar-refractivity contribution < 1.29 is 9.59 Å². The number of fused-ring (bicyclic) bond motifs is 1. The van der Waals surface area contributed by atoms with E-state index in [0.717, 1.165) is 30.0 Å². The first-order valence-electron chi connectivity index (χ1n) is 8.94. The second-order valence-corrected chi connectivity index (χ2v) is 7.65. The second-order valence-electron chi connectivity index (χ2n) is 6.51. The number of nitrogens with zero attached hydrogens (tertiary/aromatic N) is 1. The van der Waals surface area contributed by atoms with Gasteiger partial charge in [0.15, 0.2) is 5.78 Å². The SMILES string of the molecule is CC(=O)C(Cc1ccccc1)NC(=O)CN1CCCSc2ccccc21. The van der Waals surface area contributed by atoms with Crippen LogP contribution in [0, 0.1) is 0 Å². The molecule has 1 amide bonds. The summed E-state index contributed by atoms with van der Waals surface area (Å²) in [6.45, 7) is 2.66. The highest BCUT2D eigenvalue weighted by atomic mass is 32.2. The van der Waals surface area contributed by atoms with E-state index in [1.54, 1.807) is 0 Å². The highest BCUT2D eigenvalue weighted by molar-refractivity contribution is 7.99. The highest BCUT2D eigenvalue weighted by Crippen LogP contribution is 2.33. The fraction of sp³-hybridized carbons (Fsp3) is 0.333. The van der Waals surface area contributed by atoms with Crippen molar-refractivity contribution in [2.75, 3.05) is 23.7 Å². The molecule has 0 radical (unpaired) electrons. The summed E-state index contributed by atoms with van der Waals surface area (Å²) in [5.41, 5.74) is 2.15. The number of hydrogen-bond donors (Lipinski definition) is 1. The summed E-state index contributed by atoms with van der Waals surface area (Å²) in [7, 11) is 0. The van der Waals surface area contributed by atoms with E-state index in [2.05, 4.69) is 22.3 Å². The zero-order valence-electron chi connectivity index (χ0n) is 15.0. The molecule has 1 N–H and O–H groups in total. The number of amides is 1. The predicted octanol–water partition coefficient (Wildman–Crippen LogP) is 3.31. The summed E-state index contributed by atoms with van der Waals surface area (Å²) in [4.78, 5) is 28.0. The van der Waals surface area contributed by atoms with Gasteiger partial charge in [0.2, 0.25) is 5.91 Å². The van der Waals surface area contributed by atoms with Gasteiger partial charge in [0, 0.05) is 11.4 Å². The molecule has 3 rings (SSSR count). The fourth-order valence-corrected chi connectivity index (χ4v) is 4.14. The third kappa shape index (κ3) is 4.88. The van der Waals surface area contributed by atoms with Crippen molar-refractivity contribution >= 4 is 29.1 Å². The monoisotopic (exact) mass is 368 g/mol. The maximum atomic E-state index is 12.6. The number of nitrogens with one attached hydrogen (secondary N) is 1. The Morgan fingerprint density at radius 1 is 1.12 bits per heavy atom. The zero-order chi connectivity index (χ0) is 18.4. The van der Waals surface area contributed by atoms with Crippen molar-refractivity contribution in [3.05, 3.63) is 60.2 Å². The zero-order valence-corrected chi connectivity index (χ0v) is 15.8. The minimum absolute atomic E-state index is 0.0194. The van der Waals surface area contributed by atoms with Crippen LogP contribution in [-0.2, 0) is 16.0 Å². The Labute approximate surface area is 159 Å². The number of rotatable bonds is 6. The lowest BCUT2D eigenvalue weighted by Crippen LogP contribution is -2.46. The normalized spacial score (nSPS) is 14.9. The maximum Gasteiger partial charge on any atom is 0.240 e. The van der Waals surface area contributed by atoms with Crippen molar-refractivity contribution in [3.63, 3.8) is 0 Å². The van der Waals surface area contributed by atoms with Gasteiger partial charge in [0.1, 0.15) is 0 Å². The van der Waals surface area contributed by atoms with Crippen LogP contribution < -0.4 is 10.2 Å². The van der Waals surface area contributed by atoms with Gasteiger partial charge in [0.05, 0.1) is 18.3 Å². The molecule has 0 spiro atoms. The Balaban J connectivity index is 1.66. The minimum atomic E-state index is -0.485. The van der Waals surface area contributed by atoms with Crippen LogP contribution in [0.15, 0.2) is 59.5 Å². The van der Waals surface area contributed by atoms with Gasteiger partial charge in [-0.25, -0.2) is 0 Å². The molecule has 0 fully saturated rings. The standard InChI is InChI=1S/C21H24N2O2S/c1-16(24)18(14-17-8-3-2-4-9-17)22-21(25)15-23-12-7-13-26-20-11-6-5-10-19(20)23/h2-6,8-11,18H,7,12-15H2,1H3,(H,22,25). The summed E-state index contributed by atoms with van der Waals surface area (Å²) in [5, 5.41) is 2.93. The van der Waals surface area contributed by atoms with Gasteiger partial charge in [-0.3, -0.25) is 9.59 Å². The van der Waals surface area contributed by atoms with Gasteiger partial charge < -0.3 is 10.2 Å². The molecular weight excluding hydrogens is 344 g/mol. The Bertz CT molecular complexity index is 764. The summed E-state index contributed by atoms with van der Waals surface area (Å²) < 4.78 is 0. The molecule has 0 aromatic heterocycles. The lowest BCUT2D eigenvalue weighted by molar-refractivity contribution is -0.126. The number of thioether (sulfide) groups is 1. The van der Waals surface area contributed by atoms with Crippen LogP contribution in [0.3, 0.4) is 0 Å². The number of para-hydroxylation sites is 1. The number of benzene rings is 2. The molecular formula is C21H24N2O2S. The van der Waals surface area contributed by atoms with Gasteiger partial charge in [-0.05, 0) is 43.2 Å². The molecule has 5 heteroatoms. The maximum absolute atomic E-state index is 12.6. The van der Waals surface area contributed by atoms with E-state index in [9.17, 15) is 9.59 Å². The van der Waals surface area contributed by atoms with Crippen LogP contribution in [0.1, 0.15) is 18.9 Å². The first-order chi connectivity index (χ1) is 12.6. The number of carbonyl (C=O) groups excluding carboxylic acids is 2. The molecule has 2 aromatic carbocycles. The molecule has 0 bridgehead atoms. The van der Waals surface area contributed by atoms with Crippen molar-refractivity contribution in [2.24, 2.45) is 0 Å². The summed E-state index contributed by atoms with van der Waals surface area (Å²) >= 11 is 1.83. The van der Waals surface area contributed by atoms with Crippen molar-refractivity contribution in [1.29, 1.82) is 0 Å². The Morgan fingerprint density at radius 3 is 2.62 bits per heavy atom. The topological polar surface area (TPSA) is 49.4 Å². The van der Waals surface area contributed by atoms with Crippen molar-refractivity contribution in [2.45, 2.75) is 30.7 Å². The molecule has 26 heavy (non-hydrogen) atoms. The van der Waals surface area contributed by atoms with Crippen molar-refractivity contribution in [3.8, 4) is 0 Å². The first-order valence-corrected chi connectivity index (χ1v) is 9.92. The molecule has 0 aliphatic carbocycles. The molecule has 136 valence electrons. The fourth-order valence-electron chi connectivity index (χ4n) is 3.12. The number of Topliss-reactive ketones (excluding diaryl/α,β-unsaturated/α-hetero) is 1. The van der Waals surface area contributed by atoms with Crippen LogP contribution in [0.2, 0.25) is 0 Å².